The summed E-state index contributed by atoms with van der Waals surface area (Å²) in [5, 5.41) is 2.76. The van der Waals surface area contributed by atoms with Crippen LogP contribution in [0.5, 0.6) is 0 Å². The Balaban J connectivity index is 2.81. The van der Waals surface area contributed by atoms with E-state index in [-0.39, 0.29) is 11.9 Å². The molecule has 1 atom stereocenters. The van der Waals surface area contributed by atoms with Gasteiger partial charge in [0.2, 0.25) is 0 Å². The molecule has 16 heavy (non-hydrogen) atoms. The molecule has 0 aromatic heterocycles. The van der Waals surface area contributed by atoms with Gasteiger partial charge in [0.05, 0.1) is 6.04 Å². The quantitative estimate of drug-likeness (QED) is 0.597. The second kappa shape index (κ2) is 5.22. The van der Waals surface area contributed by atoms with E-state index in [0.29, 0.717) is 11.3 Å². The van der Waals surface area contributed by atoms with Crippen molar-refractivity contribution in [3.63, 3.8) is 0 Å². The van der Waals surface area contributed by atoms with Gasteiger partial charge < -0.3 is 11.1 Å². The standard InChI is InChI=1S/C13H16N2O/c1-4-11(5-2)15-13(16)10-6-7-12(14)9(3)8-10/h1,6-8,11H,5,14H2,2-3H3,(H,15,16). The molecule has 0 bridgehead atoms. The van der Waals surface area contributed by atoms with Crippen LogP contribution in [0.25, 0.3) is 0 Å². The first-order valence-corrected chi connectivity index (χ1v) is 5.21. The van der Waals surface area contributed by atoms with Gasteiger partial charge in [-0.15, -0.1) is 6.42 Å². The minimum Gasteiger partial charge on any atom is -0.399 e. The molecule has 1 rings (SSSR count). The molecule has 1 aromatic rings. The van der Waals surface area contributed by atoms with Crippen molar-refractivity contribution in [1.29, 1.82) is 0 Å². The Labute approximate surface area is 96.0 Å². The lowest BCUT2D eigenvalue weighted by atomic mass is 10.1. The van der Waals surface area contributed by atoms with Crippen molar-refractivity contribution in [1.82, 2.24) is 5.32 Å². The lowest BCUT2D eigenvalue weighted by molar-refractivity contribution is 0.0945. The van der Waals surface area contributed by atoms with Gasteiger partial charge in [-0.25, -0.2) is 0 Å². The van der Waals surface area contributed by atoms with Crippen molar-refractivity contribution < 1.29 is 4.79 Å². The zero-order valence-corrected chi connectivity index (χ0v) is 9.58. The van der Waals surface area contributed by atoms with E-state index in [4.69, 9.17) is 12.2 Å². The maximum atomic E-state index is 11.8. The number of hydrogen-bond donors (Lipinski definition) is 2. The first kappa shape index (κ1) is 12.1. The molecule has 3 N–H and O–H groups in total. The molecule has 1 aromatic carbocycles. The summed E-state index contributed by atoms with van der Waals surface area (Å²) in [7, 11) is 0. The summed E-state index contributed by atoms with van der Waals surface area (Å²) in [5.74, 6) is 2.36. The molecular weight excluding hydrogens is 200 g/mol. The Morgan fingerprint density at radius 3 is 2.81 bits per heavy atom. The van der Waals surface area contributed by atoms with Crippen LogP contribution in [0.1, 0.15) is 29.3 Å². The molecule has 0 heterocycles. The highest BCUT2D eigenvalue weighted by Gasteiger charge is 2.10. The Kier molecular flexibility index (Phi) is 3.96. The summed E-state index contributed by atoms with van der Waals surface area (Å²) >= 11 is 0. The predicted octanol–water partition coefficient (Wildman–Crippen LogP) is 1.72. The highest BCUT2D eigenvalue weighted by Crippen LogP contribution is 2.12. The average Bonchev–Trinajstić information content (AvgIpc) is 2.29. The molecule has 3 nitrogen and oxygen atoms in total. The van der Waals surface area contributed by atoms with Gasteiger partial charge in [0.1, 0.15) is 0 Å². The minimum absolute atomic E-state index is 0.159. The fraction of sp³-hybridized carbons (Fsp3) is 0.308. The summed E-state index contributed by atoms with van der Waals surface area (Å²) < 4.78 is 0. The van der Waals surface area contributed by atoms with Crippen LogP contribution < -0.4 is 11.1 Å². The van der Waals surface area contributed by atoms with Crippen molar-refractivity contribution in [2.75, 3.05) is 5.73 Å². The average molecular weight is 216 g/mol. The van der Waals surface area contributed by atoms with Crippen LogP contribution >= 0.6 is 0 Å². The fourth-order valence-electron chi connectivity index (χ4n) is 1.32. The lowest BCUT2D eigenvalue weighted by Gasteiger charge is -2.11. The van der Waals surface area contributed by atoms with Gasteiger partial charge in [-0.3, -0.25) is 4.79 Å². The van der Waals surface area contributed by atoms with Crippen molar-refractivity contribution in [3.05, 3.63) is 29.3 Å². The maximum absolute atomic E-state index is 11.8. The Hall–Kier alpha value is -1.95. The van der Waals surface area contributed by atoms with E-state index in [9.17, 15) is 4.79 Å². The molecule has 0 saturated heterocycles. The number of carbonyl (C=O) groups is 1. The zero-order valence-electron chi connectivity index (χ0n) is 9.58. The molecule has 0 fully saturated rings. The third kappa shape index (κ3) is 2.77. The van der Waals surface area contributed by atoms with Crippen LogP contribution in [0.2, 0.25) is 0 Å². The van der Waals surface area contributed by atoms with E-state index >= 15 is 0 Å². The van der Waals surface area contributed by atoms with Crippen LogP contribution in [0.3, 0.4) is 0 Å². The topological polar surface area (TPSA) is 55.1 Å². The summed E-state index contributed by atoms with van der Waals surface area (Å²) in [5.41, 5.74) is 7.83. The molecule has 0 aliphatic heterocycles. The van der Waals surface area contributed by atoms with Crippen molar-refractivity contribution in [3.8, 4) is 12.3 Å². The van der Waals surface area contributed by atoms with Crippen LogP contribution in [-0.2, 0) is 0 Å². The third-order valence-corrected chi connectivity index (χ3v) is 2.45. The molecule has 84 valence electrons. The number of amides is 1. The van der Waals surface area contributed by atoms with Gasteiger partial charge in [-0.05, 0) is 37.1 Å². The number of anilines is 1. The minimum atomic E-state index is -0.217. The highest BCUT2D eigenvalue weighted by atomic mass is 16.1. The van der Waals surface area contributed by atoms with Crippen molar-refractivity contribution in [2.45, 2.75) is 26.3 Å². The van der Waals surface area contributed by atoms with Crippen LogP contribution in [-0.4, -0.2) is 11.9 Å². The number of aryl methyl sites for hydroxylation is 1. The normalized spacial score (nSPS) is 11.6. The first-order valence-electron chi connectivity index (χ1n) is 5.21. The number of nitrogen functional groups attached to an aromatic ring is 1. The third-order valence-electron chi connectivity index (χ3n) is 2.45. The summed E-state index contributed by atoms with van der Waals surface area (Å²) in [4.78, 5) is 11.8. The largest absolute Gasteiger partial charge is 0.399 e. The fourth-order valence-corrected chi connectivity index (χ4v) is 1.32. The van der Waals surface area contributed by atoms with E-state index in [1.165, 1.54) is 0 Å². The van der Waals surface area contributed by atoms with E-state index in [2.05, 4.69) is 11.2 Å². The Morgan fingerprint density at radius 2 is 2.31 bits per heavy atom. The number of carbonyl (C=O) groups excluding carboxylic acids is 1. The maximum Gasteiger partial charge on any atom is 0.252 e. The van der Waals surface area contributed by atoms with Gasteiger partial charge in [0.15, 0.2) is 0 Å². The first-order chi connectivity index (χ1) is 7.58. The molecule has 1 unspecified atom stereocenters. The van der Waals surface area contributed by atoms with Crippen molar-refractivity contribution in [2.24, 2.45) is 0 Å². The van der Waals surface area contributed by atoms with Crippen LogP contribution in [0.15, 0.2) is 18.2 Å². The number of rotatable bonds is 3. The number of terminal acetylenes is 1. The van der Waals surface area contributed by atoms with E-state index in [1.807, 2.05) is 13.8 Å². The molecule has 3 heteroatoms. The van der Waals surface area contributed by atoms with Gasteiger partial charge in [-0.1, -0.05) is 12.8 Å². The van der Waals surface area contributed by atoms with Gasteiger partial charge in [-0.2, -0.15) is 0 Å². The Bertz CT molecular complexity index is 432. The summed E-state index contributed by atoms with van der Waals surface area (Å²) in [6.07, 6.45) is 6.00. The molecule has 0 radical (unpaired) electrons. The molecule has 0 spiro atoms. The molecule has 1 amide bonds. The second-order valence-corrected chi connectivity index (χ2v) is 3.67. The van der Waals surface area contributed by atoms with Gasteiger partial charge >= 0.3 is 0 Å². The monoisotopic (exact) mass is 216 g/mol. The lowest BCUT2D eigenvalue weighted by Crippen LogP contribution is -2.33. The van der Waals surface area contributed by atoms with E-state index < -0.39 is 0 Å². The Morgan fingerprint density at radius 1 is 1.62 bits per heavy atom. The van der Waals surface area contributed by atoms with Crippen molar-refractivity contribution >= 4 is 11.6 Å². The smallest absolute Gasteiger partial charge is 0.252 e. The van der Waals surface area contributed by atoms with Gasteiger partial charge in [0.25, 0.3) is 5.91 Å². The van der Waals surface area contributed by atoms with Gasteiger partial charge in [0, 0.05) is 11.3 Å². The summed E-state index contributed by atoms with van der Waals surface area (Å²) in [6, 6.07) is 4.96. The molecule has 0 aliphatic carbocycles. The molecular formula is C13H16N2O. The predicted molar refractivity (Wildman–Crippen MR) is 66.0 cm³/mol. The number of nitrogens with two attached hydrogens (primary N) is 1. The summed E-state index contributed by atoms with van der Waals surface area (Å²) in [6.45, 7) is 3.80. The SMILES string of the molecule is C#CC(CC)NC(=O)c1ccc(N)c(C)c1. The number of hydrogen-bond acceptors (Lipinski definition) is 2. The number of nitrogens with one attached hydrogen (secondary N) is 1. The second-order valence-electron chi connectivity index (χ2n) is 3.67. The highest BCUT2D eigenvalue weighted by molar-refractivity contribution is 5.95. The van der Waals surface area contributed by atoms with E-state index in [1.54, 1.807) is 18.2 Å². The van der Waals surface area contributed by atoms with Crippen LogP contribution in [0.4, 0.5) is 5.69 Å². The number of benzene rings is 1. The molecule has 0 saturated carbocycles. The van der Waals surface area contributed by atoms with Crippen LogP contribution in [0, 0.1) is 19.3 Å². The van der Waals surface area contributed by atoms with E-state index in [0.717, 1.165) is 12.0 Å². The zero-order chi connectivity index (χ0) is 12.1. The molecule has 0 aliphatic rings.